The smallest absolute Gasteiger partial charge is 0.226 e. The van der Waals surface area contributed by atoms with E-state index in [2.05, 4.69) is 15.0 Å². The van der Waals surface area contributed by atoms with Crippen molar-refractivity contribution >= 4 is 28.6 Å². The van der Waals surface area contributed by atoms with Crippen molar-refractivity contribution in [3.63, 3.8) is 0 Å². The van der Waals surface area contributed by atoms with Crippen LogP contribution >= 0.6 is 11.6 Å². The fourth-order valence-electron chi connectivity index (χ4n) is 3.06. The van der Waals surface area contributed by atoms with Crippen LogP contribution in [0.4, 0.5) is 14.6 Å². The predicted molar refractivity (Wildman–Crippen MR) is 95.6 cm³/mol. The number of hydrogen-bond acceptors (Lipinski definition) is 7. The van der Waals surface area contributed by atoms with E-state index in [9.17, 15) is 13.9 Å². The average molecular weight is 412 g/mol. The zero-order chi connectivity index (χ0) is 19.8. The summed E-state index contributed by atoms with van der Waals surface area (Å²) < 4.78 is 40.6. The van der Waals surface area contributed by atoms with Crippen molar-refractivity contribution in [2.24, 2.45) is 0 Å². The number of aromatic nitrogens is 4. The molecule has 3 N–H and O–H groups in total. The van der Waals surface area contributed by atoms with Crippen molar-refractivity contribution in [2.45, 2.75) is 31.2 Å². The van der Waals surface area contributed by atoms with E-state index < -0.39 is 30.4 Å². The third-order valence-corrected chi connectivity index (χ3v) is 4.66. The zero-order valence-electron chi connectivity index (χ0n) is 14.4. The number of halogens is 3. The van der Waals surface area contributed by atoms with Crippen LogP contribution in [0.3, 0.4) is 0 Å². The molecule has 8 nitrogen and oxygen atoms in total. The highest BCUT2D eigenvalue weighted by Gasteiger charge is 2.46. The molecule has 4 atom stereocenters. The minimum atomic E-state index is -1.77. The number of nitrogens with zero attached hydrogens (tertiary/aromatic N) is 4. The van der Waals surface area contributed by atoms with E-state index in [1.165, 1.54) is 17.0 Å². The molecular formula is C17H16ClF2N5O3. The molecule has 28 heavy (non-hydrogen) atoms. The summed E-state index contributed by atoms with van der Waals surface area (Å²) in [6.07, 6.45) is -4.09. The van der Waals surface area contributed by atoms with E-state index in [1.54, 1.807) is 18.2 Å². The molecule has 0 unspecified atom stereocenters. The van der Waals surface area contributed by atoms with Gasteiger partial charge in [-0.25, -0.2) is 13.8 Å². The second-order valence-corrected chi connectivity index (χ2v) is 6.65. The number of fused-ring (bicyclic) bond motifs is 1. The summed E-state index contributed by atoms with van der Waals surface area (Å²) in [6.45, 7) is -0.162. The van der Waals surface area contributed by atoms with Gasteiger partial charge in [0.15, 0.2) is 23.9 Å². The summed E-state index contributed by atoms with van der Waals surface area (Å²) in [5.41, 5.74) is 6.53. The highest BCUT2D eigenvalue weighted by molar-refractivity contribution is 6.28. The number of aliphatic hydroxyl groups excluding tert-OH is 1. The molecule has 1 aliphatic heterocycles. The van der Waals surface area contributed by atoms with Crippen LogP contribution in [0, 0.1) is 5.82 Å². The van der Waals surface area contributed by atoms with Gasteiger partial charge >= 0.3 is 0 Å². The van der Waals surface area contributed by atoms with E-state index in [0.717, 1.165) is 0 Å². The first kappa shape index (κ1) is 18.9. The molecule has 1 aliphatic rings. The molecule has 2 aromatic heterocycles. The average Bonchev–Trinajstić information content (AvgIpc) is 3.19. The van der Waals surface area contributed by atoms with Gasteiger partial charge in [0.25, 0.3) is 0 Å². The van der Waals surface area contributed by atoms with Crippen LogP contribution in [0.15, 0.2) is 30.6 Å². The SMILES string of the molecule is Nc1nc(Cl)nc2c1ncn2[C@@H]1O[C@H](COCc2ccccc2F)[C@@H](O)[C@@H]1F. The first-order chi connectivity index (χ1) is 13.5. The standard InChI is InChI=1S/C17H16ClF2N5O3/c18-17-23-14(21)12-15(24-17)25(7-22-12)16-11(20)13(26)10(28-16)6-27-5-8-3-1-2-4-9(8)19/h1-4,7,10-11,13,16,26H,5-6H2,(H2,21,23,24)/t10-,11+,13-,16-/m1/s1. The van der Waals surface area contributed by atoms with Crippen molar-refractivity contribution in [1.82, 2.24) is 19.5 Å². The summed E-state index contributed by atoms with van der Waals surface area (Å²) in [6, 6.07) is 6.14. The lowest BCUT2D eigenvalue weighted by Gasteiger charge is -2.16. The molecule has 1 saturated heterocycles. The molecule has 0 saturated carbocycles. The van der Waals surface area contributed by atoms with Crippen molar-refractivity contribution in [1.29, 1.82) is 0 Å². The van der Waals surface area contributed by atoms with Gasteiger partial charge in [0.2, 0.25) is 5.28 Å². The molecule has 0 amide bonds. The lowest BCUT2D eigenvalue weighted by Crippen LogP contribution is -2.31. The maximum absolute atomic E-state index is 14.7. The highest BCUT2D eigenvalue weighted by Crippen LogP contribution is 2.34. The maximum Gasteiger partial charge on any atom is 0.226 e. The molecule has 11 heteroatoms. The van der Waals surface area contributed by atoms with Gasteiger partial charge in [0.05, 0.1) is 19.5 Å². The van der Waals surface area contributed by atoms with Crippen LogP contribution in [0.25, 0.3) is 11.2 Å². The van der Waals surface area contributed by atoms with E-state index in [0.29, 0.717) is 5.56 Å². The molecule has 3 heterocycles. The number of ether oxygens (including phenoxy) is 2. The molecule has 0 bridgehead atoms. The van der Waals surface area contributed by atoms with Crippen LogP contribution in [-0.4, -0.2) is 49.6 Å². The molecule has 0 aliphatic carbocycles. The summed E-state index contributed by atoms with van der Waals surface area (Å²) in [4.78, 5) is 11.9. The van der Waals surface area contributed by atoms with Gasteiger partial charge in [0, 0.05) is 5.56 Å². The Balaban J connectivity index is 1.48. The molecule has 4 rings (SSSR count). The molecule has 1 aromatic carbocycles. The Kier molecular flexibility index (Phi) is 5.11. The second kappa shape index (κ2) is 7.55. The number of nitrogen functional groups attached to an aromatic ring is 1. The molecule has 1 fully saturated rings. The Morgan fingerprint density at radius 2 is 2.11 bits per heavy atom. The molecule has 0 radical (unpaired) electrons. The zero-order valence-corrected chi connectivity index (χ0v) is 15.1. The number of rotatable bonds is 5. The Hall–Kier alpha value is -2.40. The minimum absolute atomic E-state index is 0.0335. The number of nitrogens with two attached hydrogens (primary N) is 1. The highest BCUT2D eigenvalue weighted by atomic mass is 35.5. The number of alkyl halides is 1. The third-order valence-electron chi connectivity index (χ3n) is 4.49. The van der Waals surface area contributed by atoms with E-state index in [4.69, 9.17) is 26.8 Å². The van der Waals surface area contributed by atoms with Crippen LogP contribution in [-0.2, 0) is 16.1 Å². The monoisotopic (exact) mass is 411 g/mol. The summed E-state index contributed by atoms with van der Waals surface area (Å²) >= 11 is 5.81. The van der Waals surface area contributed by atoms with Gasteiger partial charge in [-0.3, -0.25) is 4.57 Å². The van der Waals surface area contributed by atoms with Gasteiger partial charge in [-0.1, -0.05) is 18.2 Å². The topological polar surface area (TPSA) is 108 Å². The molecular weight excluding hydrogens is 396 g/mol. The maximum atomic E-state index is 14.7. The predicted octanol–water partition coefficient (Wildman–Crippen LogP) is 2.01. The van der Waals surface area contributed by atoms with Crippen molar-refractivity contribution in [3.8, 4) is 0 Å². The number of aliphatic hydroxyl groups is 1. The van der Waals surface area contributed by atoms with Gasteiger partial charge in [0.1, 0.15) is 23.5 Å². The fraction of sp³-hybridized carbons (Fsp3) is 0.353. The summed E-state index contributed by atoms with van der Waals surface area (Å²) in [5, 5.41) is 10.1. The van der Waals surface area contributed by atoms with Crippen LogP contribution in [0.1, 0.15) is 11.8 Å². The Morgan fingerprint density at radius 3 is 2.89 bits per heavy atom. The fourth-order valence-corrected chi connectivity index (χ4v) is 3.23. The van der Waals surface area contributed by atoms with Crippen molar-refractivity contribution in [3.05, 3.63) is 47.3 Å². The minimum Gasteiger partial charge on any atom is -0.387 e. The Labute approximate surface area is 162 Å². The quantitative estimate of drug-likeness (QED) is 0.618. The number of imidazole rings is 1. The van der Waals surface area contributed by atoms with Gasteiger partial charge in [-0.05, 0) is 17.7 Å². The molecule has 0 spiro atoms. The lowest BCUT2D eigenvalue weighted by atomic mass is 10.1. The second-order valence-electron chi connectivity index (χ2n) is 6.31. The van der Waals surface area contributed by atoms with Crippen LogP contribution in [0.2, 0.25) is 5.28 Å². The van der Waals surface area contributed by atoms with Gasteiger partial charge < -0.3 is 20.3 Å². The summed E-state index contributed by atoms with van der Waals surface area (Å²) in [7, 11) is 0. The van der Waals surface area contributed by atoms with Crippen molar-refractivity contribution in [2.75, 3.05) is 12.3 Å². The van der Waals surface area contributed by atoms with E-state index in [-0.39, 0.29) is 35.5 Å². The Bertz CT molecular complexity index is 1000. The van der Waals surface area contributed by atoms with Crippen LogP contribution in [0.5, 0.6) is 0 Å². The third kappa shape index (κ3) is 3.39. The Morgan fingerprint density at radius 1 is 1.32 bits per heavy atom. The first-order valence-electron chi connectivity index (χ1n) is 8.40. The van der Waals surface area contributed by atoms with Gasteiger partial charge in [-0.2, -0.15) is 9.97 Å². The normalized spacial score (nSPS) is 24.9. The van der Waals surface area contributed by atoms with Crippen LogP contribution < -0.4 is 5.73 Å². The molecule has 148 valence electrons. The number of hydrogen-bond donors (Lipinski definition) is 2. The number of benzene rings is 1. The first-order valence-corrected chi connectivity index (χ1v) is 8.78. The summed E-state index contributed by atoms with van der Waals surface area (Å²) in [5.74, 6) is -0.358. The lowest BCUT2D eigenvalue weighted by molar-refractivity contribution is -0.0663. The van der Waals surface area contributed by atoms with Gasteiger partial charge in [-0.15, -0.1) is 0 Å². The van der Waals surface area contributed by atoms with Crippen molar-refractivity contribution < 1.29 is 23.4 Å². The van der Waals surface area contributed by atoms with E-state index >= 15 is 0 Å². The molecule has 3 aromatic rings. The van der Waals surface area contributed by atoms with E-state index in [1.807, 2.05) is 0 Å². The largest absolute Gasteiger partial charge is 0.387 e. The number of anilines is 1.